The van der Waals surface area contributed by atoms with Crippen LogP contribution in [0.25, 0.3) is 0 Å². The number of nitrogens with one attached hydrogen (secondary N) is 3. The van der Waals surface area contributed by atoms with Crippen molar-refractivity contribution in [1.82, 2.24) is 16.0 Å². The minimum atomic E-state index is -3.10. The summed E-state index contributed by atoms with van der Waals surface area (Å²) in [5, 5.41) is 16.4. The number of carbonyl (C=O) groups excluding carboxylic acids is 3. The molecule has 2 aromatic carbocycles. The summed E-state index contributed by atoms with van der Waals surface area (Å²) >= 11 is 12.5. The average molecular weight is 586 g/mol. The van der Waals surface area contributed by atoms with Gasteiger partial charge >= 0.3 is 5.97 Å². The van der Waals surface area contributed by atoms with Gasteiger partial charge in [0.05, 0.1) is 33.7 Å². The van der Waals surface area contributed by atoms with Crippen LogP contribution in [0, 0.1) is 0 Å². The minimum Gasteiger partial charge on any atom is -0.480 e. The summed E-state index contributed by atoms with van der Waals surface area (Å²) in [6, 6.07) is 7.48. The lowest BCUT2D eigenvalue weighted by Crippen LogP contribution is -2.50. The van der Waals surface area contributed by atoms with Crippen LogP contribution in [0.4, 0.5) is 11.4 Å². The van der Waals surface area contributed by atoms with Crippen molar-refractivity contribution in [3.05, 3.63) is 57.6 Å². The third-order valence-electron chi connectivity index (χ3n) is 5.63. The first-order chi connectivity index (χ1) is 17.9. The van der Waals surface area contributed by atoms with Crippen LogP contribution < -0.4 is 26.6 Å². The molecule has 0 saturated carbocycles. The van der Waals surface area contributed by atoms with Gasteiger partial charge in [-0.25, -0.2) is 13.2 Å². The number of nitrogen functional groups attached to an aromatic ring is 1. The Morgan fingerprint density at radius 2 is 1.63 bits per heavy atom. The summed E-state index contributed by atoms with van der Waals surface area (Å²) in [6.45, 7) is -0.448. The third kappa shape index (κ3) is 7.73. The molecule has 1 fully saturated rings. The van der Waals surface area contributed by atoms with Crippen LogP contribution >= 0.6 is 23.2 Å². The van der Waals surface area contributed by atoms with E-state index in [1.54, 1.807) is 17.0 Å². The van der Waals surface area contributed by atoms with Crippen molar-refractivity contribution in [1.29, 1.82) is 0 Å². The molecule has 1 aliphatic heterocycles. The molecule has 1 heterocycles. The van der Waals surface area contributed by atoms with Crippen LogP contribution in [0.15, 0.2) is 36.4 Å². The van der Waals surface area contributed by atoms with Gasteiger partial charge in [-0.3, -0.25) is 14.4 Å². The summed E-state index contributed by atoms with van der Waals surface area (Å²) in [7, 11) is -3.10. The molecule has 0 spiro atoms. The molecule has 1 aliphatic rings. The van der Waals surface area contributed by atoms with Gasteiger partial charge in [0.2, 0.25) is 5.91 Å². The molecule has 3 rings (SSSR count). The quantitative estimate of drug-likeness (QED) is 0.261. The van der Waals surface area contributed by atoms with Gasteiger partial charge in [-0.2, -0.15) is 0 Å². The molecule has 3 amide bonds. The van der Waals surface area contributed by atoms with Gasteiger partial charge in [0, 0.05) is 36.6 Å². The van der Waals surface area contributed by atoms with Crippen molar-refractivity contribution >= 4 is 68.1 Å². The van der Waals surface area contributed by atoms with E-state index in [1.165, 1.54) is 24.3 Å². The topological polar surface area (TPSA) is 188 Å². The van der Waals surface area contributed by atoms with E-state index in [-0.39, 0.29) is 45.8 Å². The lowest BCUT2D eigenvalue weighted by molar-refractivity contribution is -0.139. The van der Waals surface area contributed by atoms with Crippen LogP contribution in [0.5, 0.6) is 0 Å². The maximum absolute atomic E-state index is 12.8. The van der Waals surface area contributed by atoms with Crippen LogP contribution in [0.3, 0.4) is 0 Å². The number of rotatable bonds is 9. The highest BCUT2D eigenvalue weighted by molar-refractivity contribution is 7.91. The van der Waals surface area contributed by atoms with Crippen molar-refractivity contribution < 1.29 is 32.7 Å². The summed E-state index contributed by atoms with van der Waals surface area (Å²) in [6.07, 6.45) is 0. The highest BCUT2D eigenvalue weighted by Crippen LogP contribution is 2.31. The van der Waals surface area contributed by atoms with E-state index in [1.807, 2.05) is 0 Å². The highest BCUT2D eigenvalue weighted by atomic mass is 35.5. The fourth-order valence-electron chi connectivity index (χ4n) is 3.58. The van der Waals surface area contributed by atoms with E-state index in [4.69, 9.17) is 28.9 Å². The maximum atomic E-state index is 12.8. The Balaban J connectivity index is 1.58. The molecule has 1 atom stereocenters. The predicted octanol–water partition coefficient (Wildman–Crippen LogP) is 0.540. The second-order valence-corrected chi connectivity index (χ2v) is 11.5. The predicted molar refractivity (Wildman–Crippen MR) is 142 cm³/mol. The van der Waals surface area contributed by atoms with Gasteiger partial charge in [-0.05, 0) is 30.3 Å². The zero-order valence-corrected chi connectivity index (χ0v) is 22.2. The van der Waals surface area contributed by atoms with E-state index >= 15 is 0 Å². The summed E-state index contributed by atoms with van der Waals surface area (Å²) in [5.41, 5.74) is 6.60. The SMILES string of the molecule is Nc1cccc(C(=O)NCC(=O)NCC(NC(=O)c2c(Cl)cc(N3CCS(=O)(=O)CC3)cc2Cl)C(=O)O)c1. The highest BCUT2D eigenvalue weighted by Gasteiger charge is 2.27. The van der Waals surface area contributed by atoms with Crippen molar-refractivity contribution in [3.63, 3.8) is 0 Å². The molecule has 12 nitrogen and oxygen atoms in total. The lowest BCUT2D eigenvalue weighted by Gasteiger charge is -2.29. The number of anilines is 2. The van der Waals surface area contributed by atoms with E-state index in [0.717, 1.165) is 0 Å². The molecule has 0 radical (unpaired) electrons. The Kier molecular flexibility index (Phi) is 9.41. The number of carboxylic acid groups (broad SMARTS) is 1. The Morgan fingerprint density at radius 3 is 2.21 bits per heavy atom. The molecule has 0 aliphatic carbocycles. The van der Waals surface area contributed by atoms with E-state index < -0.39 is 52.7 Å². The largest absolute Gasteiger partial charge is 0.480 e. The summed E-state index contributed by atoms with van der Waals surface area (Å²) < 4.78 is 23.3. The monoisotopic (exact) mass is 585 g/mol. The fourth-order valence-corrected chi connectivity index (χ4v) is 5.43. The van der Waals surface area contributed by atoms with Crippen molar-refractivity contribution in [3.8, 4) is 0 Å². The number of carboxylic acids is 1. The Morgan fingerprint density at radius 1 is 1.00 bits per heavy atom. The second kappa shape index (κ2) is 12.3. The second-order valence-electron chi connectivity index (χ2n) is 8.40. The van der Waals surface area contributed by atoms with Crippen molar-refractivity contribution in [2.75, 3.05) is 48.3 Å². The van der Waals surface area contributed by atoms with Gasteiger partial charge in [-0.1, -0.05) is 29.3 Å². The Hall–Kier alpha value is -3.55. The molecule has 2 aromatic rings. The summed E-state index contributed by atoms with van der Waals surface area (Å²) in [5.74, 6) is -3.60. The molecule has 0 aromatic heterocycles. The average Bonchev–Trinajstić information content (AvgIpc) is 2.84. The van der Waals surface area contributed by atoms with Gasteiger partial charge in [0.15, 0.2) is 9.84 Å². The normalized spacial score (nSPS) is 15.3. The lowest BCUT2D eigenvalue weighted by atomic mass is 10.1. The van der Waals surface area contributed by atoms with Crippen LogP contribution in [-0.4, -0.2) is 80.9 Å². The molecular weight excluding hydrogens is 561 g/mol. The molecule has 38 heavy (non-hydrogen) atoms. The van der Waals surface area contributed by atoms with Gasteiger partial charge in [0.1, 0.15) is 6.04 Å². The van der Waals surface area contributed by atoms with Gasteiger partial charge in [-0.15, -0.1) is 0 Å². The number of hydrogen-bond acceptors (Lipinski definition) is 8. The molecular formula is C23H25Cl2N5O7S. The van der Waals surface area contributed by atoms with E-state index in [9.17, 15) is 32.7 Å². The molecule has 6 N–H and O–H groups in total. The maximum Gasteiger partial charge on any atom is 0.328 e. The first-order valence-corrected chi connectivity index (χ1v) is 13.8. The molecule has 1 unspecified atom stereocenters. The van der Waals surface area contributed by atoms with Crippen LogP contribution in [0.2, 0.25) is 10.0 Å². The van der Waals surface area contributed by atoms with Gasteiger partial charge < -0.3 is 31.7 Å². The first-order valence-electron chi connectivity index (χ1n) is 11.2. The number of carbonyl (C=O) groups is 4. The number of aliphatic carboxylic acids is 1. The molecule has 1 saturated heterocycles. The Bertz CT molecular complexity index is 1330. The Labute approximate surface area is 228 Å². The van der Waals surface area contributed by atoms with Crippen molar-refractivity contribution in [2.45, 2.75) is 6.04 Å². The number of nitrogens with zero attached hydrogens (tertiary/aromatic N) is 1. The number of halogens is 2. The van der Waals surface area contributed by atoms with E-state index in [0.29, 0.717) is 11.4 Å². The van der Waals surface area contributed by atoms with Gasteiger partial charge in [0.25, 0.3) is 11.8 Å². The zero-order valence-electron chi connectivity index (χ0n) is 19.9. The molecule has 204 valence electrons. The summed E-state index contributed by atoms with van der Waals surface area (Å²) in [4.78, 5) is 50.5. The number of amides is 3. The smallest absolute Gasteiger partial charge is 0.328 e. The van der Waals surface area contributed by atoms with Crippen LogP contribution in [-0.2, 0) is 19.4 Å². The number of nitrogens with two attached hydrogens (primary N) is 1. The fraction of sp³-hybridized carbons (Fsp3) is 0.304. The third-order valence-corrected chi connectivity index (χ3v) is 7.83. The number of hydrogen-bond donors (Lipinski definition) is 5. The van der Waals surface area contributed by atoms with E-state index in [2.05, 4.69) is 16.0 Å². The van der Waals surface area contributed by atoms with Crippen molar-refractivity contribution in [2.24, 2.45) is 0 Å². The number of sulfone groups is 1. The molecule has 0 bridgehead atoms. The standard InChI is InChI=1S/C23H25Cl2N5O7S/c24-16-9-15(30-4-6-38(36,37)7-5-30)10-17(25)20(16)22(33)29-18(23(34)35)11-27-19(31)12-28-21(32)13-2-1-3-14(26)8-13/h1-3,8-10,18H,4-7,11-12,26H2,(H,27,31)(H,28,32)(H,29,33)(H,34,35). The van der Waals surface area contributed by atoms with Crippen LogP contribution in [0.1, 0.15) is 20.7 Å². The minimum absolute atomic E-state index is 0.0267. The first kappa shape index (κ1) is 29.0. The molecule has 15 heteroatoms. The number of benzene rings is 2. The zero-order chi connectivity index (χ0) is 28.0.